The lowest BCUT2D eigenvalue weighted by Gasteiger charge is -2.26. The fourth-order valence-corrected chi connectivity index (χ4v) is 4.53. The van der Waals surface area contributed by atoms with Gasteiger partial charge in [-0.05, 0) is 49.9 Å². The molecule has 1 unspecified atom stereocenters. The van der Waals surface area contributed by atoms with E-state index in [0.717, 1.165) is 44.8 Å². The highest BCUT2D eigenvalue weighted by Gasteiger charge is 2.43. The Morgan fingerprint density at radius 1 is 1.07 bits per heavy atom. The van der Waals surface area contributed by atoms with Crippen molar-refractivity contribution in [2.24, 2.45) is 5.41 Å². The second-order valence-electron chi connectivity index (χ2n) is 8.27. The Balaban J connectivity index is 1.37. The van der Waals surface area contributed by atoms with Crippen LogP contribution in [0, 0.1) is 5.41 Å². The van der Waals surface area contributed by atoms with Crippen LogP contribution < -0.4 is 15.1 Å². The van der Waals surface area contributed by atoms with Gasteiger partial charge in [0.15, 0.2) is 0 Å². The number of pyridine rings is 1. The number of aliphatic hydroxyl groups excluding tert-OH is 1. The van der Waals surface area contributed by atoms with Crippen LogP contribution in [0.3, 0.4) is 0 Å². The van der Waals surface area contributed by atoms with Gasteiger partial charge in [0, 0.05) is 62.2 Å². The van der Waals surface area contributed by atoms with E-state index in [0.29, 0.717) is 23.9 Å². The van der Waals surface area contributed by atoms with E-state index in [1.165, 1.54) is 12.1 Å². The Morgan fingerprint density at radius 3 is 2.62 bits per heavy atom. The number of aliphatic hydroxyl groups is 1. The summed E-state index contributed by atoms with van der Waals surface area (Å²) < 4.78 is 0. The topological polar surface area (TPSA) is 68.7 Å². The van der Waals surface area contributed by atoms with Gasteiger partial charge in [-0.1, -0.05) is 18.2 Å². The molecular formula is C23H30N4O2. The largest absolute Gasteiger partial charge is 0.396 e. The van der Waals surface area contributed by atoms with Crippen molar-refractivity contribution in [2.75, 3.05) is 49.1 Å². The lowest BCUT2D eigenvalue weighted by molar-refractivity contribution is 0.0952. The average Bonchev–Trinajstić information content (AvgIpc) is 3.39. The van der Waals surface area contributed by atoms with Gasteiger partial charge >= 0.3 is 0 Å². The number of hydrogen-bond donors (Lipinski definition) is 2. The van der Waals surface area contributed by atoms with E-state index in [4.69, 9.17) is 5.11 Å². The third-order valence-electron chi connectivity index (χ3n) is 6.20. The van der Waals surface area contributed by atoms with Gasteiger partial charge in [0.2, 0.25) is 0 Å². The normalized spacial score (nSPS) is 21.1. The maximum Gasteiger partial charge on any atom is 0.251 e. The number of anilines is 2. The smallest absolute Gasteiger partial charge is 0.251 e. The summed E-state index contributed by atoms with van der Waals surface area (Å²) >= 11 is 0. The number of rotatable bonds is 7. The number of carbonyl (C=O) groups excluding carboxylic acids is 1. The molecule has 0 saturated carbocycles. The Bertz CT molecular complexity index is 829. The summed E-state index contributed by atoms with van der Waals surface area (Å²) in [5.41, 5.74) is 2.26. The molecule has 1 spiro atoms. The number of aromatic nitrogens is 1. The molecule has 0 bridgehead atoms. The first-order valence-electron chi connectivity index (χ1n) is 10.6. The maximum absolute atomic E-state index is 12.4. The third kappa shape index (κ3) is 4.53. The number of hydrogen-bond acceptors (Lipinski definition) is 5. The van der Waals surface area contributed by atoms with Gasteiger partial charge in [0.25, 0.3) is 5.91 Å². The fraction of sp³-hybridized carbons (Fsp3) is 0.478. The van der Waals surface area contributed by atoms with Gasteiger partial charge in [-0.3, -0.25) is 4.79 Å². The van der Waals surface area contributed by atoms with E-state index in [9.17, 15) is 4.79 Å². The van der Waals surface area contributed by atoms with Crippen LogP contribution in [-0.2, 0) is 0 Å². The van der Waals surface area contributed by atoms with Crippen LogP contribution in [0.2, 0.25) is 0 Å². The lowest BCUT2D eigenvalue weighted by atomic mass is 9.86. The highest BCUT2D eigenvalue weighted by molar-refractivity contribution is 5.94. The zero-order chi connectivity index (χ0) is 20.1. The second kappa shape index (κ2) is 8.82. The van der Waals surface area contributed by atoms with E-state index in [1.807, 2.05) is 6.07 Å². The summed E-state index contributed by atoms with van der Waals surface area (Å²) in [4.78, 5) is 21.8. The van der Waals surface area contributed by atoms with E-state index in [1.54, 1.807) is 12.3 Å². The number of nitrogens with one attached hydrogen (secondary N) is 1. The lowest BCUT2D eigenvalue weighted by Crippen LogP contribution is -2.31. The molecule has 29 heavy (non-hydrogen) atoms. The molecule has 2 aromatic rings. The standard InChI is InChI=1S/C23H30N4O2/c28-15-5-4-11-25-22(29)19-8-12-24-21(16-19)27-14-10-23(18-27)9-13-26(17-23)20-6-2-1-3-7-20/h1-3,6-8,12,16,28H,4-5,9-11,13-15,17-18H2,(H,25,29). The quantitative estimate of drug-likeness (QED) is 0.707. The van der Waals surface area contributed by atoms with Crippen molar-refractivity contribution in [3.8, 4) is 0 Å². The number of benzene rings is 1. The Morgan fingerprint density at radius 2 is 1.83 bits per heavy atom. The molecule has 0 aliphatic carbocycles. The zero-order valence-electron chi connectivity index (χ0n) is 16.9. The molecule has 0 radical (unpaired) electrons. The van der Waals surface area contributed by atoms with Gasteiger partial charge < -0.3 is 20.2 Å². The highest BCUT2D eigenvalue weighted by atomic mass is 16.3. The van der Waals surface area contributed by atoms with Crippen molar-refractivity contribution in [2.45, 2.75) is 25.7 Å². The Hall–Kier alpha value is -2.60. The number of carbonyl (C=O) groups is 1. The average molecular weight is 395 g/mol. The van der Waals surface area contributed by atoms with E-state index in [-0.39, 0.29) is 12.5 Å². The summed E-state index contributed by atoms with van der Waals surface area (Å²) in [6.45, 7) is 4.90. The summed E-state index contributed by atoms with van der Waals surface area (Å²) in [6, 6.07) is 14.3. The van der Waals surface area contributed by atoms with Crippen molar-refractivity contribution in [3.63, 3.8) is 0 Å². The second-order valence-corrected chi connectivity index (χ2v) is 8.27. The molecule has 6 heteroatoms. The van der Waals surface area contributed by atoms with Crippen molar-refractivity contribution in [3.05, 3.63) is 54.2 Å². The number of nitrogens with zero attached hydrogens (tertiary/aromatic N) is 3. The Kier molecular flexibility index (Phi) is 6.00. The molecule has 1 atom stereocenters. The van der Waals surface area contributed by atoms with Gasteiger partial charge in [-0.2, -0.15) is 0 Å². The maximum atomic E-state index is 12.4. The van der Waals surface area contributed by atoms with Gasteiger partial charge in [-0.25, -0.2) is 4.98 Å². The zero-order valence-corrected chi connectivity index (χ0v) is 16.9. The van der Waals surface area contributed by atoms with Gasteiger partial charge in [0.1, 0.15) is 5.82 Å². The van der Waals surface area contributed by atoms with Crippen LogP contribution in [0.5, 0.6) is 0 Å². The monoisotopic (exact) mass is 394 g/mol. The van der Waals surface area contributed by atoms with E-state index < -0.39 is 0 Å². The first-order valence-corrected chi connectivity index (χ1v) is 10.6. The van der Waals surface area contributed by atoms with Crippen LogP contribution in [0.4, 0.5) is 11.5 Å². The van der Waals surface area contributed by atoms with Crippen LogP contribution in [0.25, 0.3) is 0 Å². The molecule has 154 valence electrons. The molecule has 4 rings (SSSR count). The Labute approximate surface area is 172 Å². The number of unbranched alkanes of at least 4 members (excludes halogenated alkanes) is 1. The first kappa shape index (κ1) is 19.7. The molecule has 2 fully saturated rings. The summed E-state index contributed by atoms with van der Waals surface area (Å²) in [7, 11) is 0. The number of amides is 1. The van der Waals surface area contributed by atoms with Crippen molar-refractivity contribution in [1.82, 2.24) is 10.3 Å². The minimum atomic E-state index is -0.0726. The molecule has 1 amide bonds. The van der Waals surface area contributed by atoms with Crippen LogP contribution in [0.1, 0.15) is 36.0 Å². The predicted octanol–water partition coefficient (Wildman–Crippen LogP) is 2.69. The van der Waals surface area contributed by atoms with E-state index >= 15 is 0 Å². The van der Waals surface area contributed by atoms with Crippen LogP contribution >= 0.6 is 0 Å². The van der Waals surface area contributed by atoms with Gasteiger partial charge in [-0.15, -0.1) is 0 Å². The SMILES string of the molecule is O=C(NCCCCO)c1ccnc(N2CCC3(CCN(c4ccccc4)C3)C2)c1. The molecular weight excluding hydrogens is 364 g/mol. The highest BCUT2D eigenvalue weighted by Crippen LogP contribution is 2.42. The summed E-state index contributed by atoms with van der Waals surface area (Å²) in [5.74, 6) is 0.819. The molecule has 2 saturated heterocycles. The fourth-order valence-electron chi connectivity index (χ4n) is 4.53. The molecule has 2 aliphatic rings. The van der Waals surface area contributed by atoms with E-state index in [2.05, 4.69) is 50.4 Å². The minimum Gasteiger partial charge on any atom is -0.396 e. The van der Waals surface area contributed by atoms with Crippen molar-refractivity contribution < 1.29 is 9.90 Å². The molecule has 1 aromatic carbocycles. The van der Waals surface area contributed by atoms with Crippen molar-refractivity contribution >= 4 is 17.4 Å². The number of para-hydroxylation sites is 1. The summed E-state index contributed by atoms with van der Waals surface area (Å²) in [6.07, 6.45) is 5.58. The van der Waals surface area contributed by atoms with Crippen molar-refractivity contribution in [1.29, 1.82) is 0 Å². The summed E-state index contributed by atoms with van der Waals surface area (Å²) in [5, 5.41) is 11.8. The molecule has 3 heterocycles. The predicted molar refractivity (Wildman–Crippen MR) is 115 cm³/mol. The molecule has 2 N–H and O–H groups in total. The molecule has 6 nitrogen and oxygen atoms in total. The first-order chi connectivity index (χ1) is 14.2. The van der Waals surface area contributed by atoms with Crippen LogP contribution in [-0.4, -0.2) is 55.3 Å². The molecule has 2 aliphatic heterocycles. The van der Waals surface area contributed by atoms with Gasteiger partial charge in [0.05, 0.1) is 0 Å². The minimum absolute atomic E-state index is 0.0726. The van der Waals surface area contributed by atoms with Crippen LogP contribution in [0.15, 0.2) is 48.7 Å². The molecule has 1 aromatic heterocycles. The third-order valence-corrected chi connectivity index (χ3v) is 6.20.